The molecule has 0 radical (unpaired) electrons. The monoisotopic (exact) mass is 355 g/mol. The van der Waals surface area contributed by atoms with Crippen molar-refractivity contribution in [2.45, 2.75) is 38.1 Å². The molecule has 2 aromatic rings. The van der Waals surface area contributed by atoms with Gasteiger partial charge in [-0.05, 0) is 25.0 Å². The van der Waals surface area contributed by atoms with E-state index in [0.717, 1.165) is 11.4 Å². The third-order valence-electron chi connectivity index (χ3n) is 3.69. The summed E-state index contributed by atoms with van der Waals surface area (Å²) >= 11 is 0. The molecule has 0 spiro atoms. The van der Waals surface area contributed by atoms with Crippen molar-refractivity contribution in [3.05, 3.63) is 30.3 Å². The molecule has 5 nitrogen and oxygen atoms in total. The number of aromatic nitrogens is 2. The molecule has 6 heteroatoms. The minimum atomic E-state index is 0. The van der Waals surface area contributed by atoms with E-state index in [4.69, 9.17) is 4.52 Å². The highest BCUT2D eigenvalue weighted by Gasteiger charge is 2.24. The molecule has 1 aromatic carbocycles. The summed E-state index contributed by atoms with van der Waals surface area (Å²) < 4.78 is 7.39. The third-order valence-corrected chi connectivity index (χ3v) is 3.69. The van der Waals surface area contributed by atoms with Gasteiger partial charge in [0, 0.05) is 11.0 Å². The maximum absolute atomic E-state index is 5.67. The zero-order valence-electron chi connectivity index (χ0n) is 12.2. The van der Waals surface area contributed by atoms with E-state index in [1.807, 2.05) is 37.4 Å². The van der Waals surface area contributed by atoms with Crippen LogP contribution in [-0.2, 0) is 7.05 Å². The van der Waals surface area contributed by atoms with Gasteiger partial charge in [-0.2, -0.15) is 0 Å². The van der Waals surface area contributed by atoms with Crippen LogP contribution in [0, 0.1) is 0 Å². The lowest BCUT2D eigenvalue weighted by Crippen LogP contribution is -3.00. The molecule has 3 N–H and O–H groups in total. The Hall–Kier alpha value is -1.40. The number of rotatable bonds is 3. The molecule has 0 unspecified atom stereocenters. The zero-order chi connectivity index (χ0) is 13.1. The molecule has 3 rings (SSSR count). The van der Waals surface area contributed by atoms with Crippen molar-refractivity contribution in [3.8, 4) is 11.4 Å². The number of nitrogens with zero attached hydrogens (tertiary/aromatic N) is 2. The zero-order valence-corrected chi connectivity index (χ0v) is 13.8. The molecule has 0 aliphatic heterocycles. The van der Waals surface area contributed by atoms with Gasteiger partial charge in [0.25, 0.3) is 0 Å². The Morgan fingerprint density at radius 1 is 1.14 bits per heavy atom. The maximum atomic E-state index is 5.67. The van der Waals surface area contributed by atoms with Gasteiger partial charge in [-0.25, -0.2) is 4.52 Å². The highest BCUT2D eigenvalue weighted by atomic mass is 79.9. The summed E-state index contributed by atoms with van der Waals surface area (Å²) in [5.74, 6) is 0.860. The van der Waals surface area contributed by atoms with Crippen LogP contribution >= 0.6 is 0 Å². The number of hydrogen-bond donors (Lipinski definition) is 1. The van der Waals surface area contributed by atoms with E-state index in [2.05, 4.69) is 10.3 Å². The van der Waals surface area contributed by atoms with Crippen molar-refractivity contribution in [3.63, 3.8) is 0 Å². The maximum Gasteiger partial charge on any atom is 0.451 e. The predicted molar refractivity (Wildman–Crippen MR) is 77.2 cm³/mol. The van der Waals surface area contributed by atoms with Crippen LogP contribution in [-0.4, -0.2) is 16.5 Å². The lowest BCUT2D eigenvalue weighted by atomic mass is 9.96. The Labute approximate surface area is 135 Å². The van der Waals surface area contributed by atoms with Crippen LogP contribution in [0.15, 0.2) is 34.9 Å². The van der Waals surface area contributed by atoms with Gasteiger partial charge < -0.3 is 27.8 Å². The largest absolute Gasteiger partial charge is 1.00 e. The van der Waals surface area contributed by atoms with E-state index in [0.29, 0.717) is 12.1 Å². The summed E-state index contributed by atoms with van der Waals surface area (Å²) in [4.78, 5) is 4.56. The summed E-state index contributed by atoms with van der Waals surface area (Å²) in [6, 6.07) is 11.3. The van der Waals surface area contributed by atoms with Crippen molar-refractivity contribution in [1.82, 2.24) is 4.98 Å². The van der Waals surface area contributed by atoms with E-state index in [1.165, 1.54) is 32.1 Å². The van der Waals surface area contributed by atoms with Gasteiger partial charge in [0.2, 0.25) is 0 Å². The lowest BCUT2D eigenvalue weighted by molar-refractivity contribution is -0.834. The molecule has 0 saturated heterocycles. The smallest absolute Gasteiger partial charge is 0.451 e. The standard InChI is InChI=1S/C15H19N3O.BrH.H2O/c1-18-14(12-8-4-2-5-9-12)17-15(19-18)16-13-10-6-3-7-11-13;;/h2,4-5,8-9,13H,3,6-7,10-11H2,1H3;1H;1H2. The van der Waals surface area contributed by atoms with Gasteiger partial charge in [-0.3, -0.25) is 0 Å². The van der Waals surface area contributed by atoms with E-state index in [1.54, 1.807) is 4.74 Å². The van der Waals surface area contributed by atoms with Crippen LogP contribution in [0.2, 0.25) is 0 Å². The molecule has 1 aliphatic carbocycles. The topological polar surface area (TPSA) is 73.4 Å². The minimum Gasteiger partial charge on any atom is -1.00 e. The Bertz CT molecular complexity index is 539. The van der Waals surface area contributed by atoms with Crippen molar-refractivity contribution in [2.24, 2.45) is 7.05 Å². The van der Waals surface area contributed by atoms with Crippen LogP contribution in [0.1, 0.15) is 32.1 Å². The Kier molecular flexibility index (Phi) is 6.84. The van der Waals surface area contributed by atoms with Crippen LogP contribution in [0.5, 0.6) is 0 Å². The van der Waals surface area contributed by atoms with E-state index in [-0.39, 0.29) is 22.5 Å². The number of halogens is 1. The molecule has 0 bridgehead atoms. The highest BCUT2D eigenvalue weighted by Crippen LogP contribution is 2.22. The van der Waals surface area contributed by atoms with Crippen LogP contribution in [0.25, 0.3) is 11.4 Å². The fourth-order valence-electron chi connectivity index (χ4n) is 2.67. The van der Waals surface area contributed by atoms with Crippen LogP contribution in [0.4, 0.5) is 6.01 Å². The lowest BCUT2D eigenvalue weighted by Gasteiger charge is -2.19. The predicted octanol–water partition coefficient (Wildman–Crippen LogP) is -0.910. The Morgan fingerprint density at radius 2 is 1.81 bits per heavy atom. The second-order valence-electron chi connectivity index (χ2n) is 5.17. The van der Waals surface area contributed by atoms with Gasteiger partial charge in [0.1, 0.15) is 7.05 Å². The second kappa shape index (κ2) is 8.14. The molecule has 1 fully saturated rings. The summed E-state index contributed by atoms with van der Waals surface area (Å²) in [7, 11) is 1.89. The van der Waals surface area contributed by atoms with E-state index >= 15 is 0 Å². The molecule has 0 atom stereocenters. The fraction of sp³-hybridized carbons (Fsp3) is 0.467. The summed E-state index contributed by atoms with van der Waals surface area (Å²) in [5, 5.41) is 3.41. The van der Waals surface area contributed by atoms with Crippen molar-refractivity contribution in [1.29, 1.82) is 0 Å². The Balaban J connectivity index is 0.00000110. The average molecular weight is 356 g/mol. The van der Waals surface area contributed by atoms with Gasteiger partial charge in [0.15, 0.2) is 0 Å². The first-order chi connectivity index (χ1) is 9.33. The summed E-state index contributed by atoms with van der Waals surface area (Å²) in [6.45, 7) is 0. The van der Waals surface area contributed by atoms with Crippen molar-refractivity contribution < 1.29 is 31.7 Å². The number of nitrogens with one attached hydrogen (secondary N) is 1. The molecule has 116 valence electrons. The molecule has 0 amide bonds. The van der Waals surface area contributed by atoms with E-state index in [9.17, 15) is 0 Å². The van der Waals surface area contributed by atoms with Crippen molar-refractivity contribution >= 4 is 6.01 Å². The number of aryl methyl sites for hydroxylation is 1. The quantitative estimate of drug-likeness (QED) is 0.724. The number of anilines is 1. The molecule has 21 heavy (non-hydrogen) atoms. The first kappa shape index (κ1) is 17.7. The summed E-state index contributed by atoms with van der Waals surface area (Å²) in [5.41, 5.74) is 1.07. The van der Waals surface area contributed by atoms with Gasteiger partial charge >= 0.3 is 11.8 Å². The van der Waals surface area contributed by atoms with Crippen LogP contribution in [0.3, 0.4) is 0 Å². The molecular weight excluding hydrogens is 334 g/mol. The SMILES string of the molecule is C[n+]1oc(NC2CCCCC2)nc1-c1ccccc1.O.[Br-]. The number of hydrogen-bond acceptors (Lipinski definition) is 3. The molecule has 1 aliphatic rings. The van der Waals surface area contributed by atoms with Crippen molar-refractivity contribution in [2.75, 3.05) is 5.32 Å². The summed E-state index contributed by atoms with van der Waals surface area (Å²) in [6.07, 6.45) is 6.39. The van der Waals surface area contributed by atoms with Gasteiger partial charge in [-0.1, -0.05) is 42.2 Å². The molecule has 1 heterocycles. The first-order valence-electron chi connectivity index (χ1n) is 7.02. The average Bonchev–Trinajstić information content (AvgIpc) is 2.82. The van der Waals surface area contributed by atoms with Gasteiger partial charge in [0.05, 0.1) is 5.56 Å². The Morgan fingerprint density at radius 3 is 2.48 bits per heavy atom. The highest BCUT2D eigenvalue weighted by molar-refractivity contribution is 5.52. The molecular formula is C15H22BrN3O2. The van der Waals surface area contributed by atoms with Crippen LogP contribution < -0.4 is 27.0 Å². The second-order valence-corrected chi connectivity index (χ2v) is 5.17. The third kappa shape index (κ3) is 4.28. The first-order valence-corrected chi connectivity index (χ1v) is 7.02. The minimum absolute atomic E-state index is 0. The van der Waals surface area contributed by atoms with Gasteiger partial charge in [-0.15, -0.1) is 0 Å². The van der Waals surface area contributed by atoms with E-state index < -0.39 is 0 Å². The molecule has 1 saturated carbocycles. The molecule has 1 aromatic heterocycles. The normalized spacial score (nSPS) is 14.9. The number of benzene rings is 1. The fourth-order valence-corrected chi connectivity index (χ4v) is 2.67.